The molecule has 196 valence electrons. The molecule has 0 aliphatic heterocycles. The van der Waals surface area contributed by atoms with Crippen LogP contribution in [0.5, 0.6) is 0 Å². The molecule has 4 nitrogen and oxygen atoms in total. The van der Waals surface area contributed by atoms with E-state index in [4.69, 9.17) is 0 Å². The number of aliphatic hydroxyl groups is 4. The van der Waals surface area contributed by atoms with Crippen LogP contribution in [0.15, 0.2) is 11.6 Å². The number of hydrogen-bond donors (Lipinski definition) is 4. The van der Waals surface area contributed by atoms with Crippen LogP contribution < -0.4 is 0 Å². The van der Waals surface area contributed by atoms with Gasteiger partial charge in [-0.25, -0.2) is 0 Å². The van der Waals surface area contributed by atoms with E-state index in [1.54, 1.807) is 0 Å². The average molecular weight is 477 g/mol. The first-order chi connectivity index (χ1) is 15.5. The van der Waals surface area contributed by atoms with Crippen LogP contribution >= 0.6 is 0 Å². The van der Waals surface area contributed by atoms with Crippen molar-refractivity contribution < 1.29 is 20.4 Å². The molecule has 4 rings (SSSR count). The molecule has 0 bridgehead atoms. The fourth-order valence-electron chi connectivity index (χ4n) is 10.5. The molecule has 0 aromatic heterocycles. The Morgan fingerprint density at radius 3 is 2.21 bits per heavy atom. The molecular weight excluding hydrogens is 424 g/mol. The van der Waals surface area contributed by atoms with Gasteiger partial charge in [0.1, 0.15) is 0 Å². The Balaban J connectivity index is 1.70. The lowest BCUT2D eigenvalue weighted by Gasteiger charge is -2.71. The van der Waals surface area contributed by atoms with Gasteiger partial charge in [0.15, 0.2) is 0 Å². The van der Waals surface area contributed by atoms with Crippen molar-refractivity contribution in [2.45, 2.75) is 131 Å². The number of rotatable bonds is 4. The molecule has 4 saturated carbocycles. The Morgan fingerprint density at radius 1 is 0.941 bits per heavy atom. The number of aliphatic hydroxyl groups excluding tert-OH is 3. The van der Waals surface area contributed by atoms with E-state index < -0.39 is 23.9 Å². The van der Waals surface area contributed by atoms with Crippen molar-refractivity contribution in [3.8, 4) is 0 Å². The largest absolute Gasteiger partial charge is 0.393 e. The van der Waals surface area contributed by atoms with Crippen molar-refractivity contribution in [2.24, 2.45) is 45.3 Å². The minimum Gasteiger partial charge on any atom is -0.393 e. The molecule has 0 saturated heterocycles. The van der Waals surface area contributed by atoms with E-state index in [2.05, 4.69) is 54.5 Å². The van der Waals surface area contributed by atoms with Crippen LogP contribution in [0, 0.1) is 45.3 Å². The summed E-state index contributed by atoms with van der Waals surface area (Å²) in [4.78, 5) is 0. The van der Waals surface area contributed by atoms with Gasteiger partial charge in [0.2, 0.25) is 0 Å². The molecule has 0 aromatic carbocycles. The van der Waals surface area contributed by atoms with Crippen LogP contribution in [0.25, 0.3) is 0 Å². The van der Waals surface area contributed by atoms with Crippen LogP contribution in [-0.4, -0.2) is 44.3 Å². The third-order valence-electron chi connectivity index (χ3n) is 12.3. The fourth-order valence-corrected chi connectivity index (χ4v) is 10.5. The summed E-state index contributed by atoms with van der Waals surface area (Å²) in [6.45, 7) is 17.5. The number of hydrogen-bond acceptors (Lipinski definition) is 4. The summed E-state index contributed by atoms with van der Waals surface area (Å²) in [5.41, 5.74) is -0.230. The predicted molar refractivity (Wildman–Crippen MR) is 137 cm³/mol. The van der Waals surface area contributed by atoms with Crippen molar-refractivity contribution in [2.75, 3.05) is 0 Å². The number of fused-ring (bicyclic) bond motifs is 5. The highest BCUT2D eigenvalue weighted by atomic mass is 16.3. The summed E-state index contributed by atoms with van der Waals surface area (Å²) in [5.74, 6) is 0.442. The second-order valence-electron chi connectivity index (χ2n) is 14.7. The second-order valence-corrected chi connectivity index (χ2v) is 14.7. The van der Waals surface area contributed by atoms with Gasteiger partial charge in [-0.2, -0.15) is 0 Å². The minimum atomic E-state index is -0.810. The second kappa shape index (κ2) is 8.30. The van der Waals surface area contributed by atoms with Crippen LogP contribution in [0.1, 0.15) is 107 Å². The summed E-state index contributed by atoms with van der Waals surface area (Å²) < 4.78 is 0. The molecule has 4 aliphatic carbocycles. The van der Waals surface area contributed by atoms with E-state index in [9.17, 15) is 20.4 Å². The highest BCUT2D eigenvalue weighted by molar-refractivity contribution is 5.21. The molecular formula is C30H52O4. The molecule has 0 heterocycles. The Bertz CT molecular complexity index is 813. The summed E-state index contributed by atoms with van der Waals surface area (Å²) in [7, 11) is 0. The van der Waals surface area contributed by atoms with Gasteiger partial charge in [-0.3, -0.25) is 0 Å². The quantitative estimate of drug-likeness (QED) is 0.406. The molecule has 11 atom stereocenters. The van der Waals surface area contributed by atoms with Gasteiger partial charge in [-0.15, -0.1) is 0 Å². The third kappa shape index (κ3) is 3.60. The standard InChI is InChI=1S/C30H52O4/c1-18(2)10-9-13-30(8,34)19-11-15-28(6)24(19)20(31)16-22-27(5)14-12-23(33)26(3,4)25(27)21(32)17-29(22,28)7/h10,19-25,31-34H,9,11-17H2,1-8H3/t19-,20+,21-,22+,23-,24-,25?,27+,28-,29+,30-/m0/s1. The Hall–Kier alpha value is -0.420. The van der Waals surface area contributed by atoms with Gasteiger partial charge in [-0.05, 0) is 117 Å². The first-order valence-electron chi connectivity index (χ1n) is 13.9. The zero-order valence-corrected chi connectivity index (χ0v) is 23.1. The third-order valence-corrected chi connectivity index (χ3v) is 12.3. The SMILES string of the molecule is CC(C)=CCC[C@](C)(O)[C@H]1CC[C@@]2(C)[C@@H]1[C@H](O)C[C@@H]1[C@@]3(C)CC[C@H](O)C(C)(C)C3[C@@H](O)C[C@]12C. The van der Waals surface area contributed by atoms with Crippen LogP contribution in [0.4, 0.5) is 0 Å². The topological polar surface area (TPSA) is 80.9 Å². The molecule has 4 heteroatoms. The van der Waals surface area contributed by atoms with Crippen molar-refractivity contribution in [1.29, 1.82) is 0 Å². The lowest BCUT2D eigenvalue weighted by molar-refractivity contribution is -0.274. The molecule has 4 fully saturated rings. The van der Waals surface area contributed by atoms with Gasteiger partial charge < -0.3 is 20.4 Å². The van der Waals surface area contributed by atoms with Gasteiger partial charge >= 0.3 is 0 Å². The summed E-state index contributed by atoms with van der Waals surface area (Å²) in [6.07, 6.45) is 7.54. The molecule has 0 amide bonds. The molecule has 0 spiro atoms. The normalized spacial score (nSPS) is 51.6. The van der Waals surface area contributed by atoms with Crippen molar-refractivity contribution >= 4 is 0 Å². The Morgan fingerprint density at radius 2 is 1.59 bits per heavy atom. The predicted octanol–water partition coefficient (Wildman–Crippen LogP) is 5.47. The lowest BCUT2D eigenvalue weighted by atomic mass is 9.34. The highest BCUT2D eigenvalue weighted by Gasteiger charge is 2.72. The zero-order valence-electron chi connectivity index (χ0n) is 23.1. The molecule has 34 heavy (non-hydrogen) atoms. The summed E-state index contributed by atoms with van der Waals surface area (Å²) >= 11 is 0. The van der Waals surface area contributed by atoms with Crippen molar-refractivity contribution in [1.82, 2.24) is 0 Å². The minimum absolute atomic E-state index is 0.0264. The first-order valence-corrected chi connectivity index (χ1v) is 13.9. The van der Waals surface area contributed by atoms with E-state index in [0.717, 1.165) is 51.4 Å². The van der Waals surface area contributed by atoms with E-state index in [-0.39, 0.29) is 39.4 Å². The Kier molecular flexibility index (Phi) is 6.50. The van der Waals surface area contributed by atoms with Gasteiger partial charge in [0.25, 0.3) is 0 Å². The average Bonchev–Trinajstić information content (AvgIpc) is 3.07. The highest BCUT2D eigenvalue weighted by Crippen LogP contribution is 2.75. The van der Waals surface area contributed by atoms with E-state index in [1.165, 1.54) is 5.57 Å². The zero-order chi connectivity index (χ0) is 25.5. The summed E-state index contributed by atoms with van der Waals surface area (Å²) in [6, 6.07) is 0. The first kappa shape index (κ1) is 26.6. The smallest absolute Gasteiger partial charge is 0.0654 e. The van der Waals surface area contributed by atoms with Gasteiger partial charge in [-0.1, -0.05) is 46.3 Å². The molecule has 4 aliphatic rings. The Labute approximate surface area is 208 Å². The fraction of sp³-hybridized carbons (Fsp3) is 0.933. The maximum atomic E-state index is 11.8. The van der Waals surface area contributed by atoms with Gasteiger partial charge in [0, 0.05) is 0 Å². The van der Waals surface area contributed by atoms with Crippen LogP contribution in [0.2, 0.25) is 0 Å². The van der Waals surface area contributed by atoms with Crippen molar-refractivity contribution in [3.63, 3.8) is 0 Å². The molecule has 0 radical (unpaired) electrons. The number of allylic oxidation sites excluding steroid dienone is 2. The maximum absolute atomic E-state index is 11.8. The maximum Gasteiger partial charge on any atom is 0.0654 e. The van der Waals surface area contributed by atoms with Gasteiger partial charge in [0.05, 0.1) is 23.9 Å². The lowest BCUT2D eigenvalue weighted by Crippen LogP contribution is -2.69. The molecule has 1 unspecified atom stereocenters. The van der Waals surface area contributed by atoms with Crippen LogP contribution in [-0.2, 0) is 0 Å². The molecule has 0 aromatic rings. The van der Waals surface area contributed by atoms with E-state index in [1.807, 2.05) is 6.92 Å². The van der Waals surface area contributed by atoms with Crippen molar-refractivity contribution in [3.05, 3.63) is 11.6 Å². The molecule has 4 N–H and O–H groups in total. The monoisotopic (exact) mass is 476 g/mol. The van der Waals surface area contributed by atoms with E-state index >= 15 is 0 Å². The van der Waals surface area contributed by atoms with Crippen LogP contribution in [0.3, 0.4) is 0 Å². The van der Waals surface area contributed by atoms with E-state index in [0.29, 0.717) is 5.92 Å². The summed E-state index contributed by atoms with van der Waals surface area (Å²) in [5, 5.41) is 46.0.